The van der Waals surface area contributed by atoms with E-state index in [4.69, 9.17) is 0 Å². The summed E-state index contributed by atoms with van der Waals surface area (Å²) >= 11 is 0. The molecule has 5 heteroatoms. The lowest BCUT2D eigenvalue weighted by Crippen LogP contribution is -2.36. The molecule has 3 rings (SSSR count). The molecule has 0 fully saturated rings. The number of hydrogen-bond donors (Lipinski definition) is 2. The topological polar surface area (TPSA) is 66.4 Å². The molecule has 3 aromatic rings. The van der Waals surface area contributed by atoms with Gasteiger partial charge in [-0.3, -0.25) is 15.1 Å². The molecule has 2 aromatic carbocycles. The summed E-state index contributed by atoms with van der Waals surface area (Å²) in [5.41, 5.74) is 5.95. The van der Waals surface area contributed by atoms with E-state index < -0.39 is 0 Å². The molecule has 1 amide bonds. The maximum atomic E-state index is 12.9. The number of benzene rings is 2. The Kier molecular flexibility index (Phi) is 6.96. The van der Waals surface area contributed by atoms with E-state index in [9.17, 15) is 4.79 Å². The summed E-state index contributed by atoms with van der Waals surface area (Å²) in [7, 11) is 0. The summed E-state index contributed by atoms with van der Waals surface area (Å²) in [6.07, 6.45) is 3.47. The number of carbonyl (C=O) groups is 1. The average molecular weight is 401 g/mol. The zero-order valence-electron chi connectivity index (χ0n) is 17.9. The van der Waals surface area contributed by atoms with Crippen LogP contribution in [0.1, 0.15) is 52.4 Å². The molecule has 0 bridgehead atoms. The highest BCUT2D eigenvalue weighted by atomic mass is 16.1. The van der Waals surface area contributed by atoms with Crippen LogP contribution >= 0.6 is 0 Å². The van der Waals surface area contributed by atoms with E-state index in [0.29, 0.717) is 24.0 Å². The number of rotatable bonds is 5. The Hall–Kier alpha value is -3.47. The second kappa shape index (κ2) is 9.83. The molecule has 0 saturated carbocycles. The Morgan fingerprint density at radius 2 is 1.77 bits per heavy atom. The van der Waals surface area contributed by atoms with Crippen LogP contribution in [0.4, 0.5) is 5.69 Å². The lowest BCUT2D eigenvalue weighted by atomic mass is 10.0. The average Bonchev–Trinajstić information content (AvgIpc) is 2.75. The van der Waals surface area contributed by atoms with E-state index in [-0.39, 0.29) is 5.91 Å². The van der Waals surface area contributed by atoms with Crippen molar-refractivity contribution in [1.29, 1.82) is 0 Å². The maximum absolute atomic E-state index is 12.9. The molecule has 154 valence electrons. The number of pyridine rings is 1. The molecule has 1 heterocycles. The number of aryl methyl sites for hydroxylation is 2. The van der Waals surface area contributed by atoms with E-state index >= 15 is 0 Å². The highest BCUT2D eigenvalue weighted by molar-refractivity contribution is 6.10. The third-order valence-electron chi connectivity index (χ3n) is 4.99. The van der Waals surface area contributed by atoms with Crippen LogP contribution in [0.3, 0.4) is 0 Å². The summed E-state index contributed by atoms with van der Waals surface area (Å²) in [5, 5.41) is 6.21. The van der Waals surface area contributed by atoms with Crippen molar-refractivity contribution in [1.82, 2.24) is 10.3 Å². The van der Waals surface area contributed by atoms with E-state index in [1.807, 2.05) is 56.3 Å². The fourth-order valence-electron chi connectivity index (χ4n) is 2.94. The number of aliphatic imine (C=N–C) groups is 1. The van der Waals surface area contributed by atoms with Gasteiger partial charge in [0.2, 0.25) is 5.96 Å². The van der Waals surface area contributed by atoms with Crippen LogP contribution in [-0.4, -0.2) is 16.9 Å². The third-order valence-corrected chi connectivity index (χ3v) is 4.99. The van der Waals surface area contributed by atoms with Crippen LogP contribution < -0.4 is 10.6 Å². The number of carbonyl (C=O) groups excluding carboxylic acids is 1. The molecule has 0 aliphatic heterocycles. The Bertz CT molecular complexity index is 1040. The van der Waals surface area contributed by atoms with Gasteiger partial charge in [-0.25, -0.2) is 4.99 Å². The zero-order valence-corrected chi connectivity index (χ0v) is 17.9. The van der Waals surface area contributed by atoms with Crippen molar-refractivity contribution in [3.63, 3.8) is 0 Å². The molecule has 30 heavy (non-hydrogen) atoms. The quantitative estimate of drug-likeness (QED) is 0.456. The van der Waals surface area contributed by atoms with Crippen molar-refractivity contribution in [2.45, 2.75) is 40.2 Å². The molecular weight excluding hydrogens is 372 g/mol. The van der Waals surface area contributed by atoms with E-state index in [1.54, 1.807) is 12.4 Å². The fourth-order valence-corrected chi connectivity index (χ4v) is 2.94. The van der Waals surface area contributed by atoms with Crippen molar-refractivity contribution in [2.75, 3.05) is 5.32 Å². The zero-order chi connectivity index (χ0) is 21.5. The number of anilines is 1. The summed E-state index contributed by atoms with van der Waals surface area (Å²) in [6.45, 7) is 8.77. The molecule has 0 saturated heterocycles. The number of amides is 1. The predicted octanol–water partition coefficient (Wildman–Crippen LogP) is 5.22. The van der Waals surface area contributed by atoms with E-state index in [1.165, 1.54) is 5.56 Å². The molecular formula is C25H28N4O. The van der Waals surface area contributed by atoms with Crippen molar-refractivity contribution >= 4 is 17.6 Å². The molecule has 1 aromatic heterocycles. The molecule has 0 unspecified atom stereocenters. The standard InChI is InChI=1S/C25H28N4O/c1-17(2)21-6-5-7-23(15-21)28-25(27-16-20-10-12-26-13-11-20)29-24(30)22-9-8-18(3)19(4)14-22/h5-15,17H,16H2,1-4H3,(H2,27,28,29,30). The van der Waals surface area contributed by atoms with Gasteiger partial charge in [0.15, 0.2) is 0 Å². The first-order valence-electron chi connectivity index (χ1n) is 10.1. The second-order valence-corrected chi connectivity index (χ2v) is 7.68. The minimum Gasteiger partial charge on any atom is -0.326 e. The van der Waals surface area contributed by atoms with Crippen molar-refractivity contribution in [3.8, 4) is 0 Å². The predicted molar refractivity (Wildman–Crippen MR) is 123 cm³/mol. The summed E-state index contributed by atoms with van der Waals surface area (Å²) in [5.74, 6) is 0.629. The van der Waals surface area contributed by atoms with Gasteiger partial charge < -0.3 is 5.32 Å². The number of nitrogens with one attached hydrogen (secondary N) is 2. The molecule has 5 nitrogen and oxygen atoms in total. The monoisotopic (exact) mass is 400 g/mol. The van der Waals surface area contributed by atoms with Crippen LogP contribution in [0.5, 0.6) is 0 Å². The van der Waals surface area contributed by atoms with Crippen LogP contribution in [0.2, 0.25) is 0 Å². The van der Waals surface area contributed by atoms with Gasteiger partial charge in [-0.1, -0.05) is 32.0 Å². The van der Waals surface area contributed by atoms with Gasteiger partial charge in [0.05, 0.1) is 6.54 Å². The summed E-state index contributed by atoms with van der Waals surface area (Å²) in [4.78, 5) is 21.5. The molecule has 2 N–H and O–H groups in total. The minimum atomic E-state index is -0.195. The molecule has 0 radical (unpaired) electrons. The highest BCUT2D eigenvalue weighted by Gasteiger charge is 2.11. The number of hydrogen-bond acceptors (Lipinski definition) is 3. The molecule has 0 spiro atoms. The van der Waals surface area contributed by atoms with Crippen LogP contribution in [0.15, 0.2) is 72.0 Å². The highest BCUT2D eigenvalue weighted by Crippen LogP contribution is 2.18. The van der Waals surface area contributed by atoms with Crippen LogP contribution in [-0.2, 0) is 6.54 Å². The molecule has 0 aliphatic rings. The first-order chi connectivity index (χ1) is 14.4. The second-order valence-electron chi connectivity index (χ2n) is 7.68. The van der Waals surface area contributed by atoms with Gasteiger partial charge in [-0.05, 0) is 78.4 Å². The number of aromatic nitrogens is 1. The number of nitrogens with zero attached hydrogens (tertiary/aromatic N) is 2. The Labute approximate surface area is 178 Å². The smallest absolute Gasteiger partial charge is 0.257 e. The first kappa shape index (κ1) is 21.2. The van der Waals surface area contributed by atoms with Gasteiger partial charge in [0.25, 0.3) is 5.91 Å². The van der Waals surface area contributed by atoms with Gasteiger partial charge in [0, 0.05) is 23.6 Å². The molecule has 0 atom stereocenters. The van der Waals surface area contributed by atoms with E-state index in [2.05, 4.69) is 46.6 Å². The van der Waals surface area contributed by atoms with Crippen molar-refractivity contribution in [3.05, 3.63) is 94.8 Å². The van der Waals surface area contributed by atoms with E-state index in [0.717, 1.165) is 22.4 Å². The Morgan fingerprint density at radius 3 is 2.47 bits per heavy atom. The van der Waals surface area contributed by atoms with Gasteiger partial charge in [-0.15, -0.1) is 0 Å². The Balaban J connectivity index is 1.84. The van der Waals surface area contributed by atoms with Crippen LogP contribution in [0.25, 0.3) is 0 Å². The normalized spacial score (nSPS) is 11.4. The van der Waals surface area contributed by atoms with Gasteiger partial charge in [-0.2, -0.15) is 0 Å². The van der Waals surface area contributed by atoms with Crippen molar-refractivity contribution in [2.24, 2.45) is 4.99 Å². The lowest BCUT2D eigenvalue weighted by Gasteiger charge is -2.14. The molecule has 0 aliphatic carbocycles. The number of guanidine groups is 1. The van der Waals surface area contributed by atoms with Gasteiger partial charge in [0.1, 0.15) is 0 Å². The largest absolute Gasteiger partial charge is 0.326 e. The SMILES string of the molecule is Cc1ccc(C(=O)NC(=NCc2ccncc2)Nc2cccc(C(C)C)c2)cc1C. The summed E-state index contributed by atoms with van der Waals surface area (Å²) in [6, 6.07) is 17.6. The Morgan fingerprint density at radius 1 is 1.00 bits per heavy atom. The fraction of sp³-hybridized carbons (Fsp3) is 0.240. The minimum absolute atomic E-state index is 0.195. The van der Waals surface area contributed by atoms with Gasteiger partial charge >= 0.3 is 0 Å². The first-order valence-corrected chi connectivity index (χ1v) is 10.1. The lowest BCUT2D eigenvalue weighted by molar-refractivity contribution is 0.0977. The maximum Gasteiger partial charge on any atom is 0.257 e. The van der Waals surface area contributed by atoms with Crippen molar-refractivity contribution < 1.29 is 4.79 Å². The van der Waals surface area contributed by atoms with Crippen LogP contribution in [0, 0.1) is 13.8 Å². The summed E-state index contributed by atoms with van der Waals surface area (Å²) < 4.78 is 0. The third kappa shape index (κ3) is 5.77.